The first-order chi connectivity index (χ1) is 9.36. The highest BCUT2D eigenvalue weighted by Crippen LogP contribution is 2.38. The summed E-state index contributed by atoms with van der Waals surface area (Å²) in [6, 6.07) is 22.9. The molecule has 1 aliphatic heterocycles. The molecule has 1 saturated heterocycles. The Morgan fingerprint density at radius 2 is 1.58 bits per heavy atom. The highest BCUT2D eigenvalue weighted by molar-refractivity contribution is 5.23. The summed E-state index contributed by atoms with van der Waals surface area (Å²) < 4.78 is 0. The smallest absolute Gasteiger partial charge is 0.0354 e. The average molecular weight is 251 g/mol. The van der Waals surface area contributed by atoms with E-state index < -0.39 is 0 Å². The van der Waals surface area contributed by atoms with Crippen molar-refractivity contribution in [1.82, 2.24) is 4.90 Å². The molecule has 3 rings (SSSR count). The number of hydrogen-bond donors (Lipinski definition) is 0. The topological polar surface area (TPSA) is 3.24 Å². The second-order valence-electron chi connectivity index (χ2n) is 5.39. The van der Waals surface area contributed by atoms with Crippen LogP contribution >= 0.6 is 0 Å². The molecule has 1 unspecified atom stereocenters. The van der Waals surface area contributed by atoms with E-state index in [0.29, 0.717) is 12.1 Å². The SMILES string of the molecule is C[C@@H](c1ccccc1)N1CCCC1c1ccccc1. The maximum Gasteiger partial charge on any atom is 0.0354 e. The lowest BCUT2D eigenvalue weighted by Crippen LogP contribution is -2.26. The van der Waals surface area contributed by atoms with Crippen molar-refractivity contribution in [2.24, 2.45) is 0 Å². The molecule has 0 radical (unpaired) electrons. The Bertz CT molecular complexity index is 506. The Morgan fingerprint density at radius 1 is 0.947 bits per heavy atom. The molecule has 2 aromatic rings. The van der Waals surface area contributed by atoms with E-state index in [2.05, 4.69) is 72.5 Å². The molecule has 1 nitrogen and oxygen atoms in total. The van der Waals surface area contributed by atoms with Gasteiger partial charge in [-0.05, 0) is 37.4 Å². The van der Waals surface area contributed by atoms with Crippen LogP contribution in [0.25, 0.3) is 0 Å². The molecule has 0 bridgehead atoms. The van der Waals surface area contributed by atoms with Crippen molar-refractivity contribution in [2.45, 2.75) is 31.8 Å². The molecule has 1 heterocycles. The maximum atomic E-state index is 2.64. The van der Waals surface area contributed by atoms with E-state index in [1.54, 1.807) is 0 Å². The molecule has 1 fully saturated rings. The summed E-state index contributed by atoms with van der Waals surface area (Å²) in [6.07, 6.45) is 2.58. The maximum absolute atomic E-state index is 2.64. The monoisotopic (exact) mass is 251 g/mol. The van der Waals surface area contributed by atoms with Gasteiger partial charge in [0.25, 0.3) is 0 Å². The second kappa shape index (κ2) is 5.58. The third-order valence-electron chi connectivity index (χ3n) is 4.26. The number of hydrogen-bond acceptors (Lipinski definition) is 1. The Kier molecular flexibility index (Phi) is 3.65. The molecule has 98 valence electrons. The quantitative estimate of drug-likeness (QED) is 0.771. The first-order valence-corrected chi connectivity index (χ1v) is 7.22. The van der Waals surface area contributed by atoms with Crippen LogP contribution in [0.4, 0.5) is 0 Å². The summed E-state index contributed by atoms with van der Waals surface area (Å²) in [7, 11) is 0. The van der Waals surface area contributed by atoms with Gasteiger partial charge in [0.15, 0.2) is 0 Å². The molecule has 1 aliphatic rings. The van der Waals surface area contributed by atoms with Gasteiger partial charge in [-0.1, -0.05) is 60.7 Å². The van der Waals surface area contributed by atoms with E-state index >= 15 is 0 Å². The van der Waals surface area contributed by atoms with Crippen LogP contribution in [0.1, 0.15) is 43.0 Å². The highest BCUT2D eigenvalue weighted by Gasteiger charge is 2.29. The summed E-state index contributed by atoms with van der Waals surface area (Å²) in [5, 5.41) is 0. The van der Waals surface area contributed by atoms with Crippen LogP contribution in [-0.4, -0.2) is 11.4 Å². The van der Waals surface area contributed by atoms with Gasteiger partial charge in [0.05, 0.1) is 0 Å². The Hall–Kier alpha value is -1.60. The largest absolute Gasteiger partial charge is 0.290 e. The van der Waals surface area contributed by atoms with Crippen LogP contribution in [0.2, 0.25) is 0 Å². The predicted molar refractivity (Wildman–Crippen MR) is 80.0 cm³/mol. The van der Waals surface area contributed by atoms with Crippen molar-refractivity contribution in [3.63, 3.8) is 0 Å². The van der Waals surface area contributed by atoms with Gasteiger partial charge in [-0.25, -0.2) is 0 Å². The van der Waals surface area contributed by atoms with Gasteiger partial charge in [0, 0.05) is 12.1 Å². The van der Waals surface area contributed by atoms with E-state index in [0.717, 1.165) is 0 Å². The zero-order valence-electron chi connectivity index (χ0n) is 11.5. The summed E-state index contributed by atoms with van der Waals surface area (Å²) in [5.41, 5.74) is 2.88. The van der Waals surface area contributed by atoms with Gasteiger partial charge in [0.2, 0.25) is 0 Å². The third-order valence-corrected chi connectivity index (χ3v) is 4.26. The second-order valence-corrected chi connectivity index (χ2v) is 5.39. The van der Waals surface area contributed by atoms with E-state index in [9.17, 15) is 0 Å². The fraction of sp³-hybridized carbons (Fsp3) is 0.333. The first-order valence-electron chi connectivity index (χ1n) is 7.22. The zero-order chi connectivity index (χ0) is 13.1. The molecule has 2 aromatic carbocycles. The van der Waals surface area contributed by atoms with E-state index in [-0.39, 0.29) is 0 Å². The fourth-order valence-corrected chi connectivity index (χ4v) is 3.21. The summed E-state index contributed by atoms with van der Waals surface area (Å²) in [5.74, 6) is 0. The molecule has 0 amide bonds. The highest BCUT2D eigenvalue weighted by atomic mass is 15.2. The van der Waals surface area contributed by atoms with Gasteiger partial charge in [0.1, 0.15) is 0 Å². The first kappa shape index (κ1) is 12.4. The van der Waals surface area contributed by atoms with E-state index in [4.69, 9.17) is 0 Å². The summed E-state index contributed by atoms with van der Waals surface area (Å²) in [4.78, 5) is 2.64. The number of nitrogens with zero attached hydrogens (tertiary/aromatic N) is 1. The lowest BCUT2D eigenvalue weighted by atomic mass is 10.0. The van der Waals surface area contributed by atoms with Crippen LogP contribution in [-0.2, 0) is 0 Å². The standard InChI is InChI=1S/C18H21N/c1-15(16-9-4-2-5-10-16)19-14-8-13-18(19)17-11-6-3-7-12-17/h2-7,9-12,15,18H,8,13-14H2,1H3/t15-,18?/m0/s1. The summed E-state index contributed by atoms with van der Waals surface area (Å²) in [6.45, 7) is 3.53. The molecule has 0 N–H and O–H groups in total. The Labute approximate surface area is 115 Å². The van der Waals surface area contributed by atoms with Crippen molar-refractivity contribution >= 4 is 0 Å². The van der Waals surface area contributed by atoms with Gasteiger partial charge in [-0.15, -0.1) is 0 Å². The minimum Gasteiger partial charge on any atom is -0.290 e. The molecule has 0 saturated carbocycles. The number of rotatable bonds is 3. The Morgan fingerprint density at radius 3 is 2.26 bits per heavy atom. The van der Waals surface area contributed by atoms with Crippen LogP contribution < -0.4 is 0 Å². The fourth-order valence-electron chi connectivity index (χ4n) is 3.21. The van der Waals surface area contributed by atoms with Gasteiger partial charge < -0.3 is 0 Å². The van der Waals surface area contributed by atoms with Crippen molar-refractivity contribution in [2.75, 3.05) is 6.54 Å². The molecular formula is C18H21N. The zero-order valence-corrected chi connectivity index (χ0v) is 11.5. The molecule has 19 heavy (non-hydrogen) atoms. The van der Waals surface area contributed by atoms with Crippen LogP contribution in [0, 0.1) is 0 Å². The van der Waals surface area contributed by atoms with E-state index in [1.807, 2.05) is 0 Å². The summed E-state index contributed by atoms with van der Waals surface area (Å²) >= 11 is 0. The van der Waals surface area contributed by atoms with Crippen LogP contribution in [0.5, 0.6) is 0 Å². The Balaban J connectivity index is 1.84. The molecule has 0 aromatic heterocycles. The molecule has 0 spiro atoms. The normalized spacial score (nSPS) is 21.4. The van der Waals surface area contributed by atoms with Gasteiger partial charge >= 0.3 is 0 Å². The average Bonchev–Trinajstić information content (AvgIpc) is 2.98. The van der Waals surface area contributed by atoms with Crippen LogP contribution in [0.15, 0.2) is 60.7 Å². The molecular weight excluding hydrogens is 230 g/mol. The van der Waals surface area contributed by atoms with Gasteiger partial charge in [-0.3, -0.25) is 4.90 Å². The van der Waals surface area contributed by atoms with Crippen molar-refractivity contribution in [3.8, 4) is 0 Å². The van der Waals surface area contributed by atoms with E-state index in [1.165, 1.54) is 30.5 Å². The lowest BCUT2D eigenvalue weighted by molar-refractivity contribution is 0.194. The third kappa shape index (κ3) is 2.57. The molecule has 1 heteroatoms. The van der Waals surface area contributed by atoms with Crippen LogP contribution in [0.3, 0.4) is 0 Å². The predicted octanol–water partition coefficient (Wildman–Crippen LogP) is 4.58. The molecule has 0 aliphatic carbocycles. The molecule has 2 atom stereocenters. The minimum absolute atomic E-state index is 0.494. The van der Waals surface area contributed by atoms with Gasteiger partial charge in [-0.2, -0.15) is 0 Å². The van der Waals surface area contributed by atoms with Crippen molar-refractivity contribution in [3.05, 3.63) is 71.8 Å². The lowest BCUT2D eigenvalue weighted by Gasteiger charge is -2.31. The van der Waals surface area contributed by atoms with Crippen molar-refractivity contribution < 1.29 is 0 Å². The number of likely N-dealkylation sites (tertiary alicyclic amines) is 1. The minimum atomic E-state index is 0.494. The van der Waals surface area contributed by atoms with Crippen molar-refractivity contribution in [1.29, 1.82) is 0 Å². The number of benzene rings is 2.